The third-order valence-corrected chi connectivity index (χ3v) is 4.95. The molecule has 0 aliphatic carbocycles. The minimum Gasteiger partial charge on any atom is -0.504 e. The number of carbonyl (C=O) groups excluding carboxylic acids is 1. The zero-order valence-corrected chi connectivity index (χ0v) is 16.7. The minimum atomic E-state index is -0.0553. The second-order valence-corrected chi connectivity index (χ2v) is 6.67. The van der Waals surface area contributed by atoms with Gasteiger partial charge in [0.1, 0.15) is 0 Å². The summed E-state index contributed by atoms with van der Waals surface area (Å²) in [6.07, 6.45) is 8.91. The Bertz CT molecular complexity index is 908. The first-order valence-electron chi connectivity index (χ1n) is 9.71. The largest absolute Gasteiger partial charge is 0.504 e. The van der Waals surface area contributed by atoms with Gasteiger partial charge in [-0.15, -0.1) is 0 Å². The van der Waals surface area contributed by atoms with Gasteiger partial charge in [0.25, 0.3) is 5.91 Å². The van der Waals surface area contributed by atoms with Crippen molar-refractivity contribution >= 4 is 11.6 Å². The first-order valence-corrected chi connectivity index (χ1v) is 9.71. The van der Waals surface area contributed by atoms with Gasteiger partial charge in [0, 0.05) is 24.3 Å². The van der Waals surface area contributed by atoms with Gasteiger partial charge in [0.05, 0.1) is 12.8 Å². The number of ether oxygens (including phenoxy) is 1. The molecule has 1 aromatic heterocycles. The molecule has 0 bridgehead atoms. The molecule has 148 valence electrons. The van der Waals surface area contributed by atoms with Crippen molar-refractivity contribution in [2.75, 3.05) is 20.2 Å². The topological polar surface area (TPSA) is 67.6 Å². The van der Waals surface area contributed by atoms with Gasteiger partial charge in [-0.3, -0.25) is 4.79 Å². The van der Waals surface area contributed by atoms with Crippen LogP contribution in [0.4, 0.5) is 0 Å². The van der Waals surface area contributed by atoms with Gasteiger partial charge < -0.3 is 14.7 Å². The van der Waals surface area contributed by atoms with Crippen LogP contribution >= 0.6 is 0 Å². The summed E-state index contributed by atoms with van der Waals surface area (Å²) in [5, 5.41) is 14.6. The number of aromatic hydroxyl groups is 1. The van der Waals surface area contributed by atoms with E-state index in [2.05, 4.69) is 11.2 Å². The van der Waals surface area contributed by atoms with Crippen LogP contribution in [0.3, 0.4) is 0 Å². The van der Waals surface area contributed by atoms with Crippen LogP contribution in [0.5, 0.6) is 11.5 Å². The van der Waals surface area contributed by atoms with Crippen molar-refractivity contribution in [1.29, 1.82) is 0 Å². The lowest BCUT2D eigenvalue weighted by molar-refractivity contribution is 0.0766. The van der Waals surface area contributed by atoms with Gasteiger partial charge in [-0.05, 0) is 63.5 Å². The van der Waals surface area contributed by atoms with Crippen LogP contribution in [0.2, 0.25) is 0 Å². The average molecular weight is 381 g/mol. The van der Waals surface area contributed by atoms with Gasteiger partial charge in [0.2, 0.25) is 0 Å². The molecule has 1 amide bonds. The van der Waals surface area contributed by atoms with Crippen molar-refractivity contribution in [3.63, 3.8) is 0 Å². The maximum absolute atomic E-state index is 12.8. The number of fused-ring (bicyclic) bond motifs is 1. The molecule has 0 saturated heterocycles. The molecule has 28 heavy (non-hydrogen) atoms. The molecule has 6 heteroatoms. The van der Waals surface area contributed by atoms with E-state index in [9.17, 15) is 9.90 Å². The summed E-state index contributed by atoms with van der Waals surface area (Å²) in [5.41, 5.74) is 3.15. The van der Waals surface area contributed by atoms with Crippen LogP contribution in [-0.4, -0.2) is 45.9 Å². The van der Waals surface area contributed by atoms with Crippen molar-refractivity contribution in [3.05, 3.63) is 59.4 Å². The van der Waals surface area contributed by atoms with E-state index < -0.39 is 0 Å². The van der Waals surface area contributed by atoms with Crippen LogP contribution in [0, 0.1) is 0 Å². The van der Waals surface area contributed by atoms with E-state index in [1.165, 1.54) is 7.11 Å². The number of phenolic OH excluding ortho intramolecular Hbond substituents is 1. The standard InChI is InChI=1S/C22H27N3O3/c1-4-24(5-2)22(27)18-15-17-10-8-6-7-9-11-19(25(17)23-18)16-12-13-20(26)21(14-16)28-3/h7,9,11-15,26H,4-6,8,10H2,1-3H3/b9-7-,19-11-. The highest BCUT2D eigenvalue weighted by Crippen LogP contribution is 2.31. The molecular weight excluding hydrogens is 354 g/mol. The van der Waals surface area contributed by atoms with Gasteiger partial charge >= 0.3 is 0 Å². The number of allylic oxidation sites excluding steroid dienone is 3. The van der Waals surface area contributed by atoms with Gasteiger partial charge in [-0.25, -0.2) is 4.68 Å². The zero-order valence-electron chi connectivity index (χ0n) is 16.7. The number of hydrogen-bond donors (Lipinski definition) is 1. The van der Waals surface area contributed by atoms with Gasteiger partial charge in [0.15, 0.2) is 17.2 Å². The number of amides is 1. The van der Waals surface area contributed by atoms with Crippen molar-refractivity contribution in [2.45, 2.75) is 33.1 Å². The number of aryl methyl sites for hydroxylation is 1. The number of phenols is 1. The zero-order chi connectivity index (χ0) is 20.1. The summed E-state index contributed by atoms with van der Waals surface area (Å²) in [5.74, 6) is 0.430. The predicted molar refractivity (Wildman–Crippen MR) is 110 cm³/mol. The summed E-state index contributed by atoms with van der Waals surface area (Å²) < 4.78 is 7.11. The van der Waals surface area contributed by atoms with Crippen molar-refractivity contribution in [1.82, 2.24) is 14.7 Å². The number of carbonyl (C=O) groups is 1. The van der Waals surface area contributed by atoms with Gasteiger partial charge in [-0.1, -0.05) is 12.2 Å². The maximum atomic E-state index is 12.8. The highest BCUT2D eigenvalue weighted by molar-refractivity contribution is 5.92. The number of rotatable bonds is 5. The monoisotopic (exact) mass is 381 g/mol. The SMILES string of the molecule is CCN(CC)C(=O)c1cc2n(n1)/C(c1ccc(O)c(OC)c1)=C\C=C/CCC2. The lowest BCUT2D eigenvalue weighted by Gasteiger charge is -2.17. The Hall–Kier alpha value is -3.02. The summed E-state index contributed by atoms with van der Waals surface area (Å²) in [7, 11) is 1.52. The fraction of sp³-hybridized carbons (Fsp3) is 0.364. The van der Waals surface area contributed by atoms with Crippen LogP contribution < -0.4 is 4.74 Å². The quantitative estimate of drug-likeness (QED) is 0.854. The van der Waals surface area contributed by atoms with Crippen LogP contribution in [0.15, 0.2) is 42.5 Å². The third kappa shape index (κ3) is 3.96. The Kier molecular flexibility index (Phi) is 6.19. The van der Waals surface area contributed by atoms with Crippen LogP contribution in [0.1, 0.15) is 48.4 Å². The Balaban J connectivity index is 2.10. The fourth-order valence-electron chi connectivity index (χ4n) is 3.37. The molecule has 0 radical (unpaired) electrons. The molecule has 6 nitrogen and oxygen atoms in total. The summed E-state index contributed by atoms with van der Waals surface area (Å²) >= 11 is 0. The molecule has 2 aromatic rings. The fourth-order valence-corrected chi connectivity index (χ4v) is 3.37. The number of aromatic nitrogens is 2. The van der Waals surface area contributed by atoms with E-state index >= 15 is 0 Å². The summed E-state index contributed by atoms with van der Waals surface area (Å²) in [4.78, 5) is 14.6. The predicted octanol–water partition coefficient (Wildman–Crippen LogP) is 3.86. The molecule has 0 atom stereocenters. The smallest absolute Gasteiger partial charge is 0.274 e. The number of hydrogen-bond acceptors (Lipinski definition) is 4. The van der Waals surface area contributed by atoms with E-state index in [-0.39, 0.29) is 11.7 Å². The third-order valence-electron chi connectivity index (χ3n) is 4.95. The number of nitrogens with zero attached hydrogens (tertiary/aromatic N) is 3. The highest BCUT2D eigenvalue weighted by Gasteiger charge is 2.21. The second kappa shape index (κ2) is 8.78. The van der Waals surface area contributed by atoms with E-state index in [1.807, 2.05) is 42.8 Å². The maximum Gasteiger partial charge on any atom is 0.274 e. The average Bonchev–Trinajstić information content (AvgIpc) is 3.15. The molecule has 0 fully saturated rings. The first-order chi connectivity index (χ1) is 13.6. The van der Waals surface area contributed by atoms with Crippen LogP contribution in [-0.2, 0) is 6.42 Å². The highest BCUT2D eigenvalue weighted by atomic mass is 16.5. The Morgan fingerprint density at radius 2 is 2.07 bits per heavy atom. The molecule has 0 unspecified atom stereocenters. The molecule has 1 aliphatic rings. The van der Waals surface area contributed by atoms with E-state index in [0.29, 0.717) is 24.5 Å². The van der Waals surface area contributed by atoms with Crippen LogP contribution in [0.25, 0.3) is 5.70 Å². The summed E-state index contributed by atoms with van der Waals surface area (Å²) in [6, 6.07) is 7.12. The molecule has 0 saturated carbocycles. The molecule has 1 aromatic carbocycles. The molecule has 3 rings (SSSR count). The Labute approximate surface area is 165 Å². The van der Waals surface area contributed by atoms with Crippen molar-refractivity contribution in [2.24, 2.45) is 0 Å². The van der Waals surface area contributed by atoms with E-state index in [0.717, 1.165) is 36.2 Å². The number of benzene rings is 1. The second-order valence-electron chi connectivity index (χ2n) is 6.67. The number of methoxy groups -OCH3 is 1. The molecule has 2 heterocycles. The van der Waals surface area contributed by atoms with Crippen molar-refractivity contribution in [3.8, 4) is 11.5 Å². The minimum absolute atomic E-state index is 0.0553. The first kappa shape index (κ1) is 19.7. The van der Waals surface area contributed by atoms with Gasteiger partial charge in [-0.2, -0.15) is 5.10 Å². The Morgan fingerprint density at radius 3 is 2.79 bits per heavy atom. The summed E-state index contributed by atoms with van der Waals surface area (Å²) in [6.45, 7) is 5.24. The molecular formula is C22H27N3O3. The van der Waals surface area contributed by atoms with Crippen molar-refractivity contribution < 1.29 is 14.6 Å². The lowest BCUT2D eigenvalue weighted by Crippen LogP contribution is -2.30. The molecule has 1 aliphatic heterocycles. The molecule has 0 spiro atoms. The van der Waals surface area contributed by atoms with E-state index in [1.54, 1.807) is 17.0 Å². The normalized spacial score (nSPS) is 16.8. The lowest BCUT2D eigenvalue weighted by atomic mass is 10.1. The molecule has 1 N–H and O–H groups in total. The van der Waals surface area contributed by atoms with E-state index in [4.69, 9.17) is 4.74 Å². The Morgan fingerprint density at radius 1 is 1.29 bits per heavy atom.